The predicted octanol–water partition coefficient (Wildman–Crippen LogP) is 1.54. The first-order valence-electron chi connectivity index (χ1n) is 4.17. The number of nitrogen functional groups attached to an aromatic ring is 1. The molecule has 1 aromatic carbocycles. The maximum atomic E-state index is 5.65. The van der Waals surface area contributed by atoms with Crippen LogP contribution in [0.1, 0.15) is 6.92 Å². The minimum absolute atomic E-state index is 0.606. The summed E-state index contributed by atoms with van der Waals surface area (Å²) in [6.07, 6.45) is 0. The largest absolute Gasteiger partial charge is 0.476 e. The van der Waals surface area contributed by atoms with Crippen LogP contribution < -0.4 is 10.5 Å². The average molecular weight is 177 g/mol. The first-order chi connectivity index (χ1) is 6.31. The lowest BCUT2D eigenvalue weighted by atomic mass is 10.2. The van der Waals surface area contributed by atoms with E-state index in [9.17, 15) is 0 Å². The SMILES string of the molecule is CCOc1n[nH]c2ccc(N)cc12. The van der Waals surface area contributed by atoms with Crippen molar-refractivity contribution < 1.29 is 4.74 Å². The number of benzene rings is 1. The average Bonchev–Trinajstić information content (AvgIpc) is 2.49. The minimum atomic E-state index is 0.606. The van der Waals surface area contributed by atoms with Gasteiger partial charge < -0.3 is 10.5 Å². The molecule has 1 aromatic heterocycles. The van der Waals surface area contributed by atoms with Crippen molar-refractivity contribution in [1.82, 2.24) is 10.2 Å². The van der Waals surface area contributed by atoms with Gasteiger partial charge in [0.05, 0.1) is 17.5 Å². The van der Waals surface area contributed by atoms with Crippen molar-refractivity contribution in [1.29, 1.82) is 0 Å². The van der Waals surface area contributed by atoms with Gasteiger partial charge in [-0.25, -0.2) is 0 Å². The summed E-state index contributed by atoms with van der Waals surface area (Å²) in [5.41, 5.74) is 7.31. The number of nitrogens with one attached hydrogen (secondary N) is 1. The molecule has 0 aliphatic heterocycles. The second-order valence-electron chi connectivity index (χ2n) is 2.77. The Bertz CT molecular complexity index is 422. The summed E-state index contributed by atoms with van der Waals surface area (Å²) in [6, 6.07) is 5.57. The zero-order valence-electron chi connectivity index (χ0n) is 7.37. The summed E-state index contributed by atoms with van der Waals surface area (Å²) < 4.78 is 5.32. The molecule has 0 aliphatic rings. The quantitative estimate of drug-likeness (QED) is 0.684. The number of nitrogens with zero attached hydrogens (tertiary/aromatic N) is 1. The molecular weight excluding hydrogens is 166 g/mol. The molecule has 0 spiro atoms. The van der Waals surface area contributed by atoms with E-state index < -0.39 is 0 Å². The Morgan fingerprint density at radius 3 is 3.15 bits per heavy atom. The third-order valence-corrected chi connectivity index (χ3v) is 1.83. The summed E-state index contributed by atoms with van der Waals surface area (Å²) in [5.74, 6) is 0.616. The third kappa shape index (κ3) is 1.30. The molecule has 3 N–H and O–H groups in total. The molecule has 13 heavy (non-hydrogen) atoms. The summed E-state index contributed by atoms with van der Waals surface area (Å²) >= 11 is 0. The van der Waals surface area contributed by atoms with Crippen LogP contribution in [-0.2, 0) is 0 Å². The highest BCUT2D eigenvalue weighted by atomic mass is 16.5. The highest BCUT2D eigenvalue weighted by Crippen LogP contribution is 2.24. The minimum Gasteiger partial charge on any atom is -0.476 e. The lowest BCUT2D eigenvalue weighted by Gasteiger charge is -1.97. The number of nitrogens with two attached hydrogens (primary N) is 1. The number of H-pyrrole nitrogens is 1. The first-order valence-corrected chi connectivity index (χ1v) is 4.17. The van der Waals surface area contributed by atoms with Crippen molar-refractivity contribution in [2.75, 3.05) is 12.3 Å². The van der Waals surface area contributed by atoms with E-state index in [0.29, 0.717) is 12.5 Å². The highest BCUT2D eigenvalue weighted by molar-refractivity contribution is 5.86. The summed E-state index contributed by atoms with van der Waals surface area (Å²) in [5, 5.41) is 7.83. The van der Waals surface area contributed by atoms with Gasteiger partial charge in [0.1, 0.15) is 0 Å². The number of aromatic amines is 1. The molecule has 0 atom stereocenters. The molecule has 4 heteroatoms. The van der Waals surface area contributed by atoms with Gasteiger partial charge in [0.25, 0.3) is 0 Å². The normalized spacial score (nSPS) is 10.5. The molecule has 0 saturated heterocycles. The third-order valence-electron chi connectivity index (χ3n) is 1.83. The van der Waals surface area contributed by atoms with Crippen molar-refractivity contribution in [3.05, 3.63) is 18.2 Å². The molecular formula is C9H11N3O. The van der Waals surface area contributed by atoms with Gasteiger partial charge >= 0.3 is 0 Å². The van der Waals surface area contributed by atoms with Gasteiger partial charge in [0.2, 0.25) is 5.88 Å². The molecule has 0 fully saturated rings. The van der Waals surface area contributed by atoms with Crippen molar-refractivity contribution >= 4 is 16.6 Å². The fraction of sp³-hybridized carbons (Fsp3) is 0.222. The van der Waals surface area contributed by atoms with Crippen LogP contribution in [0.4, 0.5) is 5.69 Å². The second-order valence-corrected chi connectivity index (χ2v) is 2.77. The maximum Gasteiger partial charge on any atom is 0.240 e. The van der Waals surface area contributed by atoms with E-state index in [2.05, 4.69) is 10.2 Å². The topological polar surface area (TPSA) is 63.9 Å². The van der Waals surface area contributed by atoms with E-state index in [4.69, 9.17) is 10.5 Å². The second kappa shape index (κ2) is 2.97. The Morgan fingerprint density at radius 1 is 1.54 bits per heavy atom. The van der Waals surface area contributed by atoms with Crippen LogP contribution >= 0.6 is 0 Å². The van der Waals surface area contributed by atoms with E-state index in [-0.39, 0.29) is 0 Å². The molecule has 2 aromatic rings. The van der Waals surface area contributed by atoms with Crippen LogP contribution in [0.2, 0.25) is 0 Å². The van der Waals surface area contributed by atoms with Crippen LogP contribution in [0.3, 0.4) is 0 Å². The maximum absolute atomic E-state index is 5.65. The van der Waals surface area contributed by atoms with Crippen LogP contribution in [0.5, 0.6) is 5.88 Å². The molecule has 1 heterocycles. The molecule has 2 rings (SSSR count). The summed E-state index contributed by atoms with van der Waals surface area (Å²) in [7, 11) is 0. The monoisotopic (exact) mass is 177 g/mol. The molecule has 0 amide bonds. The Morgan fingerprint density at radius 2 is 2.38 bits per heavy atom. The number of aromatic nitrogens is 2. The van der Waals surface area contributed by atoms with E-state index in [1.54, 1.807) is 0 Å². The van der Waals surface area contributed by atoms with Gasteiger partial charge in [0.15, 0.2) is 0 Å². The zero-order chi connectivity index (χ0) is 9.26. The number of anilines is 1. The number of hydrogen-bond donors (Lipinski definition) is 2. The lowest BCUT2D eigenvalue weighted by Crippen LogP contribution is -1.91. The van der Waals surface area contributed by atoms with Gasteiger partial charge in [-0.2, -0.15) is 0 Å². The Kier molecular flexibility index (Phi) is 1.81. The Labute approximate surface area is 75.7 Å². The predicted molar refractivity (Wildman–Crippen MR) is 51.7 cm³/mol. The van der Waals surface area contributed by atoms with Crippen LogP contribution in [0, 0.1) is 0 Å². The first kappa shape index (κ1) is 7.91. The van der Waals surface area contributed by atoms with Gasteiger partial charge in [-0.05, 0) is 25.1 Å². The van der Waals surface area contributed by atoms with E-state index in [0.717, 1.165) is 16.6 Å². The molecule has 0 unspecified atom stereocenters. The lowest BCUT2D eigenvalue weighted by molar-refractivity contribution is 0.330. The van der Waals surface area contributed by atoms with Gasteiger partial charge in [-0.1, -0.05) is 0 Å². The number of fused-ring (bicyclic) bond motifs is 1. The Balaban J connectivity index is 2.58. The molecule has 0 radical (unpaired) electrons. The van der Waals surface area contributed by atoms with E-state index >= 15 is 0 Å². The zero-order valence-corrected chi connectivity index (χ0v) is 7.37. The molecule has 0 saturated carbocycles. The Hall–Kier alpha value is -1.71. The summed E-state index contributed by atoms with van der Waals surface area (Å²) in [6.45, 7) is 2.53. The van der Waals surface area contributed by atoms with Gasteiger partial charge in [-0.15, -0.1) is 5.10 Å². The van der Waals surface area contributed by atoms with Crippen LogP contribution in [0.15, 0.2) is 18.2 Å². The van der Waals surface area contributed by atoms with Crippen LogP contribution in [-0.4, -0.2) is 16.8 Å². The van der Waals surface area contributed by atoms with Crippen molar-refractivity contribution in [2.24, 2.45) is 0 Å². The number of hydrogen-bond acceptors (Lipinski definition) is 3. The molecule has 0 bridgehead atoms. The summed E-state index contributed by atoms with van der Waals surface area (Å²) in [4.78, 5) is 0. The number of rotatable bonds is 2. The molecule has 0 aliphatic carbocycles. The van der Waals surface area contributed by atoms with Crippen molar-refractivity contribution in [3.63, 3.8) is 0 Å². The fourth-order valence-corrected chi connectivity index (χ4v) is 1.25. The van der Waals surface area contributed by atoms with Crippen molar-refractivity contribution in [2.45, 2.75) is 6.92 Å². The van der Waals surface area contributed by atoms with Gasteiger partial charge in [-0.3, -0.25) is 5.10 Å². The van der Waals surface area contributed by atoms with Crippen molar-refractivity contribution in [3.8, 4) is 5.88 Å². The highest BCUT2D eigenvalue weighted by Gasteiger charge is 2.05. The van der Waals surface area contributed by atoms with E-state index in [1.807, 2.05) is 25.1 Å². The molecule has 68 valence electrons. The van der Waals surface area contributed by atoms with Crippen LogP contribution in [0.25, 0.3) is 10.9 Å². The fourth-order valence-electron chi connectivity index (χ4n) is 1.25. The molecule has 4 nitrogen and oxygen atoms in total. The van der Waals surface area contributed by atoms with Gasteiger partial charge in [0, 0.05) is 5.69 Å². The smallest absolute Gasteiger partial charge is 0.240 e. The number of ether oxygens (including phenoxy) is 1. The van der Waals surface area contributed by atoms with E-state index in [1.165, 1.54) is 0 Å². The standard InChI is InChI=1S/C9H11N3O/c1-2-13-9-7-5-6(10)3-4-8(7)11-12-9/h3-5H,2,10H2,1H3,(H,11,12).